The largest absolute Gasteiger partial charge is 0.321 e. The van der Waals surface area contributed by atoms with Gasteiger partial charge in [0.2, 0.25) is 0 Å². The average Bonchev–Trinajstić information content (AvgIpc) is 3.01. The lowest BCUT2D eigenvalue weighted by atomic mass is 10.0. The number of amides is 1. The molecule has 4 nitrogen and oxygen atoms in total. The third kappa shape index (κ3) is 3.98. The number of rotatable bonds is 4. The molecule has 0 fully saturated rings. The predicted molar refractivity (Wildman–Crippen MR) is 97.7 cm³/mol. The topological polar surface area (TPSA) is 46.9 Å². The van der Waals surface area contributed by atoms with Crippen LogP contribution in [0.15, 0.2) is 42.6 Å². The number of anilines is 1. The van der Waals surface area contributed by atoms with E-state index >= 15 is 0 Å². The van der Waals surface area contributed by atoms with Crippen LogP contribution in [-0.4, -0.2) is 15.7 Å². The minimum atomic E-state index is -2.89. The minimum absolute atomic E-state index is 0.246. The van der Waals surface area contributed by atoms with Gasteiger partial charge >= 0.3 is 0 Å². The molecule has 0 aliphatic heterocycles. The molecule has 0 saturated heterocycles. The van der Waals surface area contributed by atoms with Crippen molar-refractivity contribution in [2.24, 2.45) is 7.05 Å². The molecule has 0 radical (unpaired) electrons. The van der Waals surface area contributed by atoms with Crippen molar-refractivity contribution in [3.63, 3.8) is 0 Å². The van der Waals surface area contributed by atoms with Crippen LogP contribution in [0.5, 0.6) is 0 Å². The van der Waals surface area contributed by atoms with Gasteiger partial charge < -0.3 is 5.32 Å². The molecule has 1 aromatic heterocycles. The second-order valence-electron chi connectivity index (χ2n) is 6.01. The number of benzene rings is 2. The number of halogens is 4. The quantitative estimate of drug-likeness (QED) is 0.647. The van der Waals surface area contributed by atoms with E-state index in [1.54, 1.807) is 18.2 Å². The van der Waals surface area contributed by atoms with Gasteiger partial charge in [-0.25, -0.2) is 13.2 Å². The van der Waals surface area contributed by atoms with Crippen LogP contribution in [0.2, 0.25) is 5.02 Å². The molecule has 140 valence electrons. The molecule has 0 atom stereocenters. The third-order valence-corrected chi connectivity index (χ3v) is 4.43. The average molecular weight is 394 g/mol. The van der Waals surface area contributed by atoms with Crippen LogP contribution in [0.25, 0.3) is 11.1 Å². The molecule has 0 unspecified atom stereocenters. The second-order valence-corrected chi connectivity index (χ2v) is 6.42. The molecule has 3 rings (SSSR count). The van der Waals surface area contributed by atoms with Crippen molar-refractivity contribution in [2.45, 2.75) is 13.3 Å². The Bertz CT molecular complexity index is 1020. The van der Waals surface area contributed by atoms with Crippen LogP contribution in [0.1, 0.15) is 28.0 Å². The van der Waals surface area contributed by atoms with Crippen molar-refractivity contribution >= 4 is 23.2 Å². The number of alkyl halides is 2. The zero-order valence-corrected chi connectivity index (χ0v) is 15.2. The van der Waals surface area contributed by atoms with Crippen molar-refractivity contribution in [3.8, 4) is 11.1 Å². The van der Waals surface area contributed by atoms with E-state index in [1.807, 2.05) is 6.92 Å². The van der Waals surface area contributed by atoms with E-state index in [1.165, 1.54) is 31.4 Å². The summed E-state index contributed by atoms with van der Waals surface area (Å²) in [6, 6.07) is 8.94. The Morgan fingerprint density at radius 3 is 2.63 bits per heavy atom. The molecular formula is C19H15ClF3N3O. The highest BCUT2D eigenvalue weighted by Crippen LogP contribution is 2.32. The summed E-state index contributed by atoms with van der Waals surface area (Å²) < 4.78 is 41.1. The number of aromatic nitrogens is 2. The molecule has 2 aromatic carbocycles. The van der Waals surface area contributed by atoms with Crippen molar-refractivity contribution in [1.29, 1.82) is 0 Å². The fourth-order valence-electron chi connectivity index (χ4n) is 2.66. The van der Waals surface area contributed by atoms with Gasteiger partial charge in [0.25, 0.3) is 12.3 Å². The molecule has 0 saturated carbocycles. The van der Waals surface area contributed by atoms with Gasteiger partial charge in [0, 0.05) is 29.5 Å². The number of carbonyl (C=O) groups excluding carboxylic acids is 1. The lowest BCUT2D eigenvalue weighted by Crippen LogP contribution is -2.14. The monoisotopic (exact) mass is 393 g/mol. The van der Waals surface area contributed by atoms with E-state index < -0.39 is 23.8 Å². The third-order valence-electron chi connectivity index (χ3n) is 4.02. The van der Waals surface area contributed by atoms with E-state index in [-0.39, 0.29) is 11.3 Å². The number of aryl methyl sites for hydroxylation is 2. The molecule has 27 heavy (non-hydrogen) atoms. The summed E-state index contributed by atoms with van der Waals surface area (Å²) in [6.45, 7) is 1.83. The number of hydrogen-bond acceptors (Lipinski definition) is 2. The van der Waals surface area contributed by atoms with Crippen LogP contribution < -0.4 is 5.32 Å². The lowest BCUT2D eigenvalue weighted by molar-refractivity contribution is 0.101. The minimum Gasteiger partial charge on any atom is -0.321 e. The second kappa shape index (κ2) is 7.44. The first-order chi connectivity index (χ1) is 12.8. The maximum absolute atomic E-state index is 13.8. The van der Waals surface area contributed by atoms with Gasteiger partial charge in [0.15, 0.2) is 0 Å². The van der Waals surface area contributed by atoms with Gasteiger partial charge in [-0.2, -0.15) is 5.10 Å². The van der Waals surface area contributed by atoms with Gasteiger partial charge in [-0.15, -0.1) is 0 Å². The molecule has 8 heteroatoms. The smallest absolute Gasteiger partial charge is 0.282 e. The Labute approximate surface area is 158 Å². The van der Waals surface area contributed by atoms with Crippen LogP contribution in [-0.2, 0) is 7.05 Å². The molecule has 3 aromatic rings. The van der Waals surface area contributed by atoms with Gasteiger partial charge in [0.05, 0.1) is 5.56 Å². The van der Waals surface area contributed by atoms with Gasteiger partial charge in [-0.1, -0.05) is 23.7 Å². The molecule has 1 amide bonds. The number of hydrogen-bond donors (Lipinski definition) is 1. The van der Waals surface area contributed by atoms with Crippen LogP contribution in [0.4, 0.5) is 18.9 Å². The van der Waals surface area contributed by atoms with E-state index in [2.05, 4.69) is 10.4 Å². The van der Waals surface area contributed by atoms with Crippen LogP contribution in [0.3, 0.4) is 0 Å². The normalized spacial score (nSPS) is 11.1. The fraction of sp³-hybridized carbons (Fsp3) is 0.158. The highest BCUT2D eigenvalue weighted by atomic mass is 35.5. The first-order valence-corrected chi connectivity index (χ1v) is 8.33. The number of nitrogens with one attached hydrogen (secondary N) is 1. The van der Waals surface area contributed by atoms with E-state index in [0.29, 0.717) is 16.1 Å². The van der Waals surface area contributed by atoms with Crippen molar-refractivity contribution in [3.05, 3.63) is 70.3 Å². The summed E-state index contributed by atoms with van der Waals surface area (Å²) in [5.74, 6) is -1.26. The SMILES string of the molecule is Cc1ccc(-c2cc(F)ccc2NC(=O)c2cn(C)nc2C(F)F)cc1Cl. The predicted octanol–water partition coefficient (Wildman–Crippen LogP) is 5.38. The maximum atomic E-state index is 13.8. The first-order valence-electron chi connectivity index (χ1n) is 7.95. The van der Waals surface area contributed by atoms with Crippen LogP contribution in [0, 0.1) is 12.7 Å². The molecule has 0 aliphatic carbocycles. The highest BCUT2D eigenvalue weighted by molar-refractivity contribution is 6.31. The molecule has 0 bridgehead atoms. The molecule has 1 N–H and O–H groups in total. The van der Waals surface area contributed by atoms with Gasteiger partial charge in [0.1, 0.15) is 11.5 Å². The highest BCUT2D eigenvalue weighted by Gasteiger charge is 2.23. The van der Waals surface area contributed by atoms with Crippen molar-refractivity contribution in [1.82, 2.24) is 9.78 Å². The fourth-order valence-corrected chi connectivity index (χ4v) is 2.84. The van der Waals surface area contributed by atoms with E-state index in [0.717, 1.165) is 10.2 Å². The van der Waals surface area contributed by atoms with E-state index in [9.17, 15) is 18.0 Å². The van der Waals surface area contributed by atoms with Crippen molar-refractivity contribution < 1.29 is 18.0 Å². The van der Waals surface area contributed by atoms with Crippen molar-refractivity contribution in [2.75, 3.05) is 5.32 Å². The number of nitrogens with zero attached hydrogens (tertiary/aromatic N) is 2. The van der Waals surface area contributed by atoms with Gasteiger partial charge in [-0.05, 0) is 42.3 Å². The molecule has 0 aliphatic rings. The van der Waals surface area contributed by atoms with Gasteiger partial charge in [-0.3, -0.25) is 9.48 Å². The Morgan fingerprint density at radius 1 is 1.22 bits per heavy atom. The summed E-state index contributed by atoms with van der Waals surface area (Å²) in [5, 5.41) is 6.66. The first kappa shape index (κ1) is 19.0. The molecule has 0 spiro atoms. The zero-order valence-electron chi connectivity index (χ0n) is 14.4. The zero-order chi connectivity index (χ0) is 19.7. The summed E-state index contributed by atoms with van der Waals surface area (Å²) in [6.07, 6.45) is -1.68. The maximum Gasteiger partial charge on any atom is 0.282 e. The molecular weight excluding hydrogens is 379 g/mol. The summed E-state index contributed by atoms with van der Waals surface area (Å²) in [4.78, 5) is 12.5. The standard InChI is InChI=1S/C19H15ClF3N3O/c1-10-3-4-11(7-15(10)20)13-8-12(21)5-6-16(13)24-19(27)14-9-26(2)25-17(14)18(22)23/h3-9,18H,1-2H3,(H,24,27). The number of carbonyl (C=O) groups is 1. The Kier molecular flexibility index (Phi) is 5.23. The van der Waals surface area contributed by atoms with E-state index in [4.69, 9.17) is 11.6 Å². The lowest BCUT2D eigenvalue weighted by Gasteiger charge is -2.12. The molecule has 1 heterocycles. The summed E-state index contributed by atoms with van der Waals surface area (Å²) >= 11 is 6.14. The van der Waals surface area contributed by atoms with Crippen LogP contribution >= 0.6 is 11.6 Å². The summed E-state index contributed by atoms with van der Waals surface area (Å²) in [7, 11) is 1.44. The Balaban J connectivity index is 2.01. The Hall–Kier alpha value is -2.80. The summed E-state index contributed by atoms with van der Waals surface area (Å²) in [5.41, 5.74) is 1.22. The Morgan fingerprint density at radius 2 is 1.96 bits per heavy atom.